The van der Waals surface area contributed by atoms with Gasteiger partial charge >= 0.3 is 0 Å². The molecule has 0 saturated carbocycles. The van der Waals surface area contributed by atoms with Gasteiger partial charge in [-0.15, -0.1) is 0 Å². The third kappa shape index (κ3) is 0.816. The molecule has 2 heterocycles. The average Bonchev–Trinajstić information content (AvgIpc) is 2.53. The number of methoxy groups -OCH3 is 1. The van der Waals surface area contributed by atoms with Crippen LogP contribution in [0.4, 0.5) is 5.82 Å². The Morgan fingerprint density at radius 1 is 1.82 bits per heavy atom. The summed E-state index contributed by atoms with van der Waals surface area (Å²) in [6.07, 6.45) is 1.33. The summed E-state index contributed by atoms with van der Waals surface area (Å²) in [6.45, 7) is 0. The average molecular weight is 154 g/mol. The lowest BCUT2D eigenvalue weighted by Crippen LogP contribution is -2.31. The minimum Gasteiger partial charge on any atom is -0.358 e. The summed E-state index contributed by atoms with van der Waals surface area (Å²) >= 11 is 0. The number of nitrogens with one attached hydrogen (secondary N) is 1. The summed E-state index contributed by atoms with van der Waals surface area (Å²) < 4.78 is 6.77. The van der Waals surface area contributed by atoms with Gasteiger partial charge in [-0.3, -0.25) is 0 Å². The van der Waals surface area contributed by atoms with Crippen LogP contribution in [0.1, 0.15) is 6.17 Å². The molecule has 11 heavy (non-hydrogen) atoms. The fourth-order valence-electron chi connectivity index (χ4n) is 1.22. The predicted molar refractivity (Wildman–Crippen MR) is 39.9 cm³/mol. The highest BCUT2D eigenvalue weighted by Gasteiger charge is 2.28. The SMILES string of the molecule is COC1Nc2ccnn2C1N. The molecule has 2 rings (SSSR count). The summed E-state index contributed by atoms with van der Waals surface area (Å²) in [4.78, 5) is 0. The standard InChI is InChI=1S/C6H10N4O/c1-11-6-5(7)10-4(9-6)2-3-8-10/h2-3,5-6,9H,7H2,1H3. The summed E-state index contributed by atoms with van der Waals surface area (Å²) in [5.41, 5.74) is 5.76. The number of hydrogen-bond acceptors (Lipinski definition) is 4. The number of hydrogen-bond donors (Lipinski definition) is 2. The van der Waals surface area contributed by atoms with E-state index in [1.54, 1.807) is 18.0 Å². The van der Waals surface area contributed by atoms with Crippen molar-refractivity contribution < 1.29 is 4.74 Å². The van der Waals surface area contributed by atoms with E-state index in [0.29, 0.717) is 0 Å². The van der Waals surface area contributed by atoms with Crippen LogP contribution in [0.15, 0.2) is 12.3 Å². The largest absolute Gasteiger partial charge is 0.358 e. The zero-order valence-electron chi connectivity index (χ0n) is 6.19. The lowest BCUT2D eigenvalue weighted by molar-refractivity contribution is 0.0906. The van der Waals surface area contributed by atoms with Gasteiger partial charge in [0.15, 0.2) is 6.23 Å². The van der Waals surface area contributed by atoms with Gasteiger partial charge in [-0.1, -0.05) is 0 Å². The highest BCUT2D eigenvalue weighted by atomic mass is 16.5. The van der Waals surface area contributed by atoms with E-state index in [1.807, 2.05) is 6.07 Å². The van der Waals surface area contributed by atoms with Crippen molar-refractivity contribution in [2.45, 2.75) is 12.4 Å². The van der Waals surface area contributed by atoms with E-state index in [1.165, 1.54) is 0 Å². The fourth-order valence-corrected chi connectivity index (χ4v) is 1.22. The molecule has 60 valence electrons. The minimum atomic E-state index is -0.218. The monoisotopic (exact) mass is 154 g/mol. The van der Waals surface area contributed by atoms with Gasteiger partial charge in [0.25, 0.3) is 0 Å². The highest BCUT2D eigenvalue weighted by Crippen LogP contribution is 2.23. The summed E-state index contributed by atoms with van der Waals surface area (Å²) in [5.74, 6) is 0.907. The molecule has 1 aromatic heterocycles. The van der Waals surface area contributed by atoms with E-state index < -0.39 is 0 Å². The quantitative estimate of drug-likeness (QED) is 0.584. The maximum Gasteiger partial charge on any atom is 0.164 e. The predicted octanol–water partition coefficient (Wildman–Crippen LogP) is -0.262. The van der Waals surface area contributed by atoms with Crippen molar-refractivity contribution in [1.29, 1.82) is 0 Å². The lowest BCUT2D eigenvalue weighted by Gasteiger charge is -2.13. The summed E-state index contributed by atoms with van der Waals surface area (Å²) in [7, 11) is 1.62. The van der Waals surface area contributed by atoms with E-state index >= 15 is 0 Å². The molecule has 0 fully saturated rings. The number of ether oxygens (including phenoxy) is 1. The molecule has 5 nitrogen and oxygen atoms in total. The van der Waals surface area contributed by atoms with E-state index in [4.69, 9.17) is 10.5 Å². The third-order valence-electron chi connectivity index (χ3n) is 1.81. The van der Waals surface area contributed by atoms with Crippen molar-refractivity contribution in [3.05, 3.63) is 12.3 Å². The first-order chi connectivity index (χ1) is 5.33. The molecule has 1 aliphatic rings. The topological polar surface area (TPSA) is 65.1 Å². The van der Waals surface area contributed by atoms with Crippen LogP contribution in [0.3, 0.4) is 0 Å². The third-order valence-corrected chi connectivity index (χ3v) is 1.81. The van der Waals surface area contributed by atoms with Crippen LogP contribution in [-0.4, -0.2) is 23.1 Å². The van der Waals surface area contributed by atoms with Gasteiger partial charge in [0.05, 0.1) is 6.20 Å². The van der Waals surface area contributed by atoms with E-state index in [0.717, 1.165) is 5.82 Å². The van der Waals surface area contributed by atoms with Crippen LogP contribution < -0.4 is 11.1 Å². The molecule has 2 atom stereocenters. The van der Waals surface area contributed by atoms with Crippen LogP contribution in [0.2, 0.25) is 0 Å². The molecule has 0 spiro atoms. The molecule has 0 radical (unpaired) electrons. The molecule has 3 N–H and O–H groups in total. The normalized spacial score (nSPS) is 28.2. The molecule has 0 aliphatic carbocycles. The first-order valence-electron chi connectivity index (χ1n) is 3.41. The van der Waals surface area contributed by atoms with Crippen molar-refractivity contribution >= 4 is 5.82 Å². The maximum absolute atomic E-state index is 5.76. The van der Waals surface area contributed by atoms with Gasteiger partial charge in [-0.25, -0.2) is 4.68 Å². The van der Waals surface area contributed by atoms with Crippen LogP contribution in [0, 0.1) is 0 Å². The first-order valence-corrected chi connectivity index (χ1v) is 3.41. The molecule has 1 aromatic rings. The van der Waals surface area contributed by atoms with E-state index in [2.05, 4.69) is 10.4 Å². The highest BCUT2D eigenvalue weighted by molar-refractivity contribution is 5.39. The second-order valence-electron chi connectivity index (χ2n) is 2.45. The van der Waals surface area contributed by atoms with Gasteiger partial charge < -0.3 is 15.8 Å². The maximum atomic E-state index is 5.76. The minimum absolute atomic E-state index is 0.154. The van der Waals surface area contributed by atoms with Gasteiger partial charge in [-0.05, 0) is 0 Å². The molecule has 2 unspecified atom stereocenters. The Balaban J connectivity index is 2.30. The van der Waals surface area contributed by atoms with Gasteiger partial charge in [0.2, 0.25) is 0 Å². The van der Waals surface area contributed by atoms with Crippen LogP contribution >= 0.6 is 0 Å². The second-order valence-corrected chi connectivity index (χ2v) is 2.45. The van der Waals surface area contributed by atoms with Gasteiger partial charge in [-0.2, -0.15) is 5.10 Å². The Labute approximate surface area is 64.1 Å². The molecule has 1 aliphatic heterocycles. The number of anilines is 1. The van der Waals surface area contributed by atoms with E-state index in [9.17, 15) is 0 Å². The molecule has 0 amide bonds. The Kier molecular flexibility index (Phi) is 1.33. The zero-order chi connectivity index (χ0) is 7.84. The molecule has 0 aromatic carbocycles. The smallest absolute Gasteiger partial charge is 0.164 e. The Bertz CT molecular complexity index is 259. The van der Waals surface area contributed by atoms with Crippen LogP contribution in [0.25, 0.3) is 0 Å². The number of aromatic nitrogens is 2. The molecular formula is C6H10N4O. The van der Waals surface area contributed by atoms with Crippen LogP contribution in [-0.2, 0) is 4.74 Å². The Hall–Kier alpha value is -1.07. The van der Waals surface area contributed by atoms with Crippen molar-refractivity contribution in [3.8, 4) is 0 Å². The van der Waals surface area contributed by atoms with Crippen molar-refractivity contribution in [3.63, 3.8) is 0 Å². The summed E-state index contributed by atoms with van der Waals surface area (Å²) in [5, 5.41) is 7.09. The second kappa shape index (κ2) is 2.21. The molecule has 0 saturated heterocycles. The van der Waals surface area contributed by atoms with Crippen molar-refractivity contribution in [2.75, 3.05) is 12.4 Å². The van der Waals surface area contributed by atoms with Crippen molar-refractivity contribution in [2.24, 2.45) is 5.73 Å². The Morgan fingerprint density at radius 3 is 3.27 bits per heavy atom. The van der Waals surface area contributed by atoms with E-state index in [-0.39, 0.29) is 12.4 Å². The van der Waals surface area contributed by atoms with Gasteiger partial charge in [0.1, 0.15) is 12.0 Å². The lowest BCUT2D eigenvalue weighted by atomic mass is 10.5. The summed E-state index contributed by atoms with van der Waals surface area (Å²) in [6, 6.07) is 1.86. The van der Waals surface area contributed by atoms with Gasteiger partial charge in [0, 0.05) is 13.2 Å². The number of rotatable bonds is 1. The molecule has 0 bridgehead atoms. The zero-order valence-corrected chi connectivity index (χ0v) is 6.19. The first kappa shape index (κ1) is 6.63. The van der Waals surface area contributed by atoms with Crippen LogP contribution in [0.5, 0.6) is 0 Å². The Morgan fingerprint density at radius 2 is 2.64 bits per heavy atom. The molecule has 5 heteroatoms. The number of nitrogens with two attached hydrogens (primary N) is 1. The molecular weight excluding hydrogens is 144 g/mol. The fraction of sp³-hybridized carbons (Fsp3) is 0.500. The number of fused-ring (bicyclic) bond motifs is 1. The van der Waals surface area contributed by atoms with Crippen molar-refractivity contribution in [1.82, 2.24) is 9.78 Å². The number of nitrogens with zero attached hydrogens (tertiary/aromatic N) is 2.